The van der Waals surface area contributed by atoms with E-state index in [2.05, 4.69) is 365 Å². The average Bonchev–Trinajstić information content (AvgIpc) is 1.48. The average molecular weight is 1150 g/mol. The first-order chi connectivity index (χ1) is 44.2. The van der Waals surface area contributed by atoms with Crippen molar-refractivity contribution in [3.05, 3.63) is 350 Å². The molecule has 0 fully saturated rings. The molecule has 0 aliphatic heterocycles. The van der Waals surface area contributed by atoms with Crippen LogP contribution in [0.15, 0.2) is 328 Å². The maximum Gasteiger partial charge on any atom is 0.0465 e. The van der Waals surface area contributed by atoms with E-state index in [1.165, 1.54) is 122 Å². The Balaban J connectivity index is 1.08. The molecule has 90 heavy (non-hydrogen) atoms. The van der Waals surface area contributed by atoms with Crippen molar-refractivity contribution in [2.45, 2.75) is 38.5 Å². The smallest absolute Gasteiger partial charge is 0.0465 e. The van der Waals surface area contributed by atoms with E-state index >= 15 is 0 Å². The predicted octanol–water partition coefficient (Wildman–Crippen LogP) is 24.4. The largest absolute Gasteiger partial charge is 0.310 e. The third kappa shape index (κ3) is 8.93. The summed E-state index contributed by atoms with van der Waals surface area (Å²) in [6.45, 7) is 9.89. The number of hydrogen-bond donors (Lipinski definition) is 0. The topological polar surface area (TPSA) is 6.48 Å². The van der Waals surface area contributed by atoms with Gasteiger partial charge in [0.15, 0.2) is 0 Å². The summed E-state index contributed by atoms with van der Waals surface area (Å²) in [6.07, 6.45) is 0. The summed E-state index contributed by atoms with van der Waals surface area (Å²) >= 11 is 0. The number of rotatable bonds is 12. The van der Waals surface area contributed by atoms with Crippen LogP contribution >= 0.6 is 0 Å². The fourth-order valence-corrected chi connectivity index (χ4v) is 15.0. The van der Waals surface area contributed by atoms with Crippen LogP contribution in [-0.2, 0) is 10.8 Å². The Labute approximate surface area is 528 Å². The van der Waals surface area contributed by atoms with Crippen LogP contribution in [0.25, 0.3) is 99.8 Å². The van der Waals surface area contributed by atoms with E-state index in [4.69, 9.17) is 0 Å². The molecular formula is C88H66N2. The lowest BCUT2D eigenvalue weighted by Crippen LogP contribution is -2.17. The summed E-state index contributed by atoms with van der Waals surface area (Å²) in [6, 6.07) is 122. The summed E-state index contributed by atoms with van der Waals surface area (Å²) in [7, 11) is 0. The Kier molecular flexibility index (Phi) is 13.3. The molecule has 0 atom stereocenters. The van der Waals surface area contributed by atoms with Gasteiger partial charge in [0.1, 0.15) is 0 Å². The van der Waals surface area contributed by atoms with E-state index in [0.717, 1.165) is 34.1 Å². The van der Waals surface area contributed by atoms with E-state index in [-0.39, 0.29) is 0 Å². The number of benzene rings is 14. The summed E-state index contributed by atoms with van der Waals surface area (Å²) in [5.41, 5.74) is 30.4. The second-order valence-electron chi connectivity index (χ2n) is 25.1. The number of para-hydroxylation sites is 4. The lowest BCUT2D eigenvalue weighted by atomic mass is 9.74. The Hall–Kier alpha value is -11.1. The van der Waals surface area contributed by atoms with Gasteiger partial charge in [-0.25, -0.2) is 0 Å². The van der Waals surface area contributed by atoms with Crippen LogP contribution in [0, 0.1) is 0 Å². The summed E-state index contributed by atoms with van der Waals surface area (Å²) < 4.78 is 0. The highest BCUT2D eigenvalue weighted by Gasteiger charge is 2.44. The van der Waals surface area contributed by atoms with Crippen molar-refractivity contribution in [3.63, 3.8) is 0 Å². The Morgan fingerprint density at radius 2 is 0.444 bits per heavy atom. The van der Waals surface area contributed by atoms with Gasteiger partial charge in [-0.15, -0.1) is 0 Å². The number of hydrogen-bond acceptors (Lipinski definition) is 2. The van der Waals surface area contributed by atoms with E-state index in [9.17, 15) is 0 Å². The van der Waals surface area contributed by atoms with E-state index < -0.39 is 10.8 Å². The van der Waals surface area contributed by atoms with Crippen LogP contribution in [0.4, 0.5) is 34.1 Å². The summed E-state index contributed by atoms with van der Waals surface area (Å²) in [5.74, 6) is 0. The molecule has 2 aliphatic rings. The van der Waals surface area contributed by atoms with Crippen LogP contribution in [0.1, 0.15) is 49.9 Å². The van der Waals surface area contributed by atoms with E-state index in [1.807, 2.05) is 0 Å². The first-order valence-electron chi connectivity index (χ1n) is 31.5. The van der Waals surface area contributed by atoms with Crippen LogP contribution in [0.3, 0.4) is 0 Å². The molecule has 2 heteroatoms. The van der Waals surface area contributed by atoms with Gasteiger partial charge in [-0.05, 0) is 207 Å². The third-order valence-corrected chi connectivity index (χ3v) is 19.2. The molecule has 2 aliphatic carbocycles. The molecule has 0 unspecified atom stereocenters. The van der Waals surface area contributed by atoms with Gasteiger partial charge >= 0.3 is 0 Å². The monoisotopic (exact) mass is 1150 g/mol. The molecule has 0 radical (unpaired) electrons. The van der Waals surface area contributed by atoms with E-state index in [1.54, 1.807) is 0 Å². The van der Waals surface area contributed by atoms with Crippen molar-refractivity contribution < 1.29 is 0 Å². The molecule has 0 heterocycles. The van der Waals surface area contributed by atoms with E-state index in [0.29, 0.717) is 0 Å². The van der Waals surface area contributed by atoms with Gasteiger partial charge < -0.3 is 9.80 Å². The third-order valence-electron chi connectivity index (χ3n) is 19.2. The maximum absolute atomic E-state index is 2.64. The maximum atomic E-state index is 2.64. The summed E-state index contributed by atoms with van der Waals surface area (Å²) in [5, 5.41) is 2.45. The highest BCUT2D eigenvalue weighted by Crippen LogP contribution is 2.63. The van der Waals surface area contributed by atoms with Crippen LogP contribution in [-0.4, -0.2) is 0 Å². The van der Waals surface area contributed by atoms with Crippen molar-refractivity contribution in [2.75, 3.05) is 9.80 Å². The second kappa shape index (κ2) is 22.0. The van der Waals surface area contributed by atoms with Gasteiger partial charge in [0.25, 0.3) is 0 Å². The lowest BCUT2D eigenvalue weighted by Gasteiger charge is -2.29. The molecule has 0 aromatic heterocycles. The molecule has 14 aromatic rings. The zero-order chi connectivity index (χ0) is 60.5. The fourth-order valence-electron chi connectivity index (χ4n) is 15.0. The molecule has 0 bridgehead atoms. The molecule has 14 aromatic carbocycles. The summed E-state index contributed by atoms with van der Waals surface area (Å²) in [4.78, 5) is 4.82. The van der Waals surface area contributed by atoms with Crippen LogP contribution < -0.4 is 9.80 Å². The Morgan fingerprint density at radius 1 is 0.189 bits per heavy atom. The minimum Gasteiger partial charge on any atom is -0.310 e. The number of anilines is 6. The Bertz CT molecular complexity index is 4490. The highest BCUT2D eigenvalue weighted by molar-refractivity contribution is 6.21. The first-order valence-corrected chi connectivity index (χ1v) is 31.5. The number of fused-ring (bicyclic) bond motifs is 7. The fraction of sp³-hybridized carbons (Fsp3) is 0.0682. The number of nitrogens with zero attached hydrogens (tertiary/aromatic N) is 2. The van der Waals surface area contributed by atoms with Crippen LogP contribution in [0.5, 0.6) is 0 Å². The SMILES string of the molecule is CC1(C)c2cc(N(c3ccccc3)c3ccccc3)ccc2-c2c1cc1c(-c3c(-c4ccccc4)cccc3-c3ccccc3)c3c(cc1c2-c1c(-c2ccccc2)cccc1-c1ccccc1)C(C)(C)c1cc(N(c2ccccc2)c2ccccc2)ccc1-3. The van der Waals surface area contributed by atoms with Gasteiger partial charge in [0, 0.05) is 45.0 Å². The highest BCUT2D eigenvalue weighted by atomic mass is 15.1. The quantitative estimate of drug-likeness (QED) is 0.120. The van der Waals surface area contributed by atoms with Crippen molar-refractivity contribution in [2.24, 2.45) is 0 Å². The van der Waals surface area contributed by atoms with Crippen molar-refractivity contribution in [1.29, 1.82) is 0 Å². The van der Waals surface area contributed by atoms with Gasteiger partial charge in [0.05, 0.1) is 0 Å². The van der Waals surface area contributed by atoms with Crippen molar-refractivity contribution in [1.82, 2.24) is 0 Å². The van der Waals surface area contributed by atoms with Gasteiger partial charge in [0.2, 0.25) is 0 Å². The van der Waals surface area contributed by atoms with Crippen molar-refractivity contribution in [3.8, 4) is 89.0 Å². The molecule has 0 saturated carbocycles. The molecule has 0 spiro atoms. The molecule has 428 valence electrons. The normalized spacial score (nSPS) is 13.1. The molecule has 0 N–H and O–H groups in total. The predicted molar refractivity (Wildman–Crippen MR) is 381 cm³/mol. The zero-order valence-electron chi connectivity index (χ0n) is 51.1. The molecule has 16 rings (SSSR count). The molecule has 2 nitrogen and oxygen atoms in total. The molecule has 0 amide bonds. The zero-order valence-corrected chi connectivity index (χ0v) is 51.1. The minimum absolute atomic E-state index is 0.473. The van der Waals surface area contributed by atoms with Crippen LogP contribution in [0.2, 0.25) is 0 Å². The molecular weight excluding hydrogens is 1080 g/mol. The van der Waals surface area contributed by atoms with Gasteiger partial charge in [-0.1, -0.05) is 270 Å². The Morgan fingerprint density at radius 3 is 0.711 bits per heavy atom. The van der Waals surface area contributed by atoms with Crippen molar-refractivity contribution >= 4 is 44.9 Å². The minimum atomic E-state index is -0.473. The molecule has 0 saturated heterocycles. The van der Waals surface area contributed by atoms with Gasteiger partial charge in [-0.2, -0.15) is 0 Å². The standard InChI is InChI=1S/C88H66N2/c1-87(2)77-55-67(89(63-39-21-9-22-40-63)64-41-23-10-24-42-64)51-53-73(77)83-79(87)57-75-76(85(83)81-69(59-31-13-5-14-32-59)47-29-48-70(81)60-33-15-6-16-34-60)58-80-84(86(75)82-71(61-35-17-7-18-36-61)49-30-50-72(82)62-37-19-8-20-38-62)74-54-52-68(56-78(74)88(80,3)4)90(65-43-25-11-26-44-65)66-45-27-12-28-46-66/h5-58H,1-4H3. The second-order valence-corrected chi connectivity index (χ2v) is 25.1. The van der Waals surface area contributed by atoms with Gasteiger partial charge in [-0.3, -0.25) is 0 Å². The lowest BCUT2D eigenvalue weighted by molar-refractivity contribution is 0.660. The first kappa shape index (κ1) is 54.3.